The normalized spacial score (nSPS) is 11.5. The van der Waals surface area contributed by atoms with Gasteiger partial charge >= 0.3 is 11.9 Å². The van der Waals surface area contributed by atoms with Crippen molar-refractivity contribution in [1.82, 2.24) is 4.98 Å². The molecule has 6 nitrogen and oxygen atoms in total. The first-order valence-corrected chi connectivity index (χ1v) is 6.15. The summed E-state index contributed by atoms with van der Waals surface area (Å²) >= 11 is 0. The van der Waals surface area contributed by atoms with Crippen LogP contribution in [0.1, 0.15) is 31.1 Å². The number of nitrogens with one attached hydrogen (secondary N) is 1. The average Bonchev–Trinajstić information content (AvgIpc) is 2.39. The Hall–Kier alpha value is -2.11. The Morgan fingerprint density at radius 3 is 2.63 bits per heavy atom. The van der Waals surface area contributed by atoms with E-state index in [0.717, 1.165) is 0 Å². The number of carbonyl (C=O) groups excluding carboxylic acids is 2. The number of pyridine rings is 1. The van der Waals surface area contributed by atoms with Crippen molar-refractivity contribution in [2.24, 2.45) is 0 Å². The zero-order valence-electron chi connectivity index (χ0n) is 11.3. The number of hydrogen-bond acceptors (Lipinski definition) is 6. The largest absolute Gasteiger partial charge is 0.464 e. The van der Waals surface area contributed by atoms with Crippen molar-refractivity contribution in [2.75, 3.05) is 18.5 Å². The van der Waals surface area contributed by atoms with Gasteiger partial charge in [-0.1, -0.05) is 0 Å². The van der Waals surface area contributed by atoms with Gasteiger partial charge in [0.1, 0.15) is 17.4 Å². The lowest BCUT2D eigenvalue weighted by Gasteiger charge is -2.15. The highest BCUT2D eigenvalue weighted by molar-refractivity contribution is 5.95. The Kier molecular flexibility index (Phi) is 5.78. The second-order valence-corrected chi connectivity index (χ2v) is 3.74. The van der Waals surface area contributed by atoms with Crippen molar-refractivity contribution in [3.8, 4) is 0 Å². The Morgan fingerprint density at radius 1 is 1.32 bits per heavy atom. The molecule has 0 aromatic carbocycles. The lowest BCUT2D eigenvalue weighted by molar-refractivity contribution is -0.143. The van der Waals surface area contributed by atoms with Crippen molar-refractivity contribution in [3.63, 3.8) is 0 Å². The molecule has 104 valence electrons. The van der Waals surface area contributed by atoms with Gasteiger partial charge in [0, 0.05) is 6.20 Å². The summed E-state index contributed by atoms with van der Waals surface area (Å²) in [7, 11) is 0. The van der Waals surface area contributed by atoms with Crippen LogP contribution in [0.5, 0.6) is 0 Å². The molecule has 19 heavy (non-hydrogen) atoms. The Labute approximate surface area is 112 Å². The summed E-state index contributed by atoms with van der Waals surface area (Å²) in [4.78, 5) is 27.3. The SMILES string of the molecule is CCOC(=O)c1cccnc1NC(C)C(=O)OCC. The molecule has 1 atom stereocenters. The summed E-state index contributed by atoms with van der Waals surface area (Å²) in [6, 6.07) is 2.63. The number of rotatable bonds is 6. The highest BCUT2D eigenvalue weighted by Crippen LogP contribution is 2.14. The lowest BCUT2D eigenvalue weighted by atomic mass is 10.2. The molecule has 0 spiro atoms. The molecular formula is C13H18N2O4. The minimum atomic E-state index is -0.594. The van der Waals surface area contributed by atoms with Crippen LogP contribution in [-0.2, 0) is 14.3 Å². The Morgan fingerprint density at radius 2 is 2.00 bits per heavy atom. The number of anilines is 1. The van der Waals surface area contributed by atoms with E-state index in [1.54, 1.807) is 32.9 Å². The fourth-order valence-corrected chi connectivity index (χ4v) is 1.43. The quantitative estimate of drug-likeness (QED) is 0.788. The fraction of sp³-hybridized carbons (Fsp3) is 0.462. The number of carbonyl (C=O) groups is 2. The molecule has 1 heterocycles. The first kappa shape index (κ1) is 14.9. The molecule has 0 amide bonds. The summed E-state index contributed by atoms with van der Waals surface area (Å²) in [5.74, 6) is -0.571. The second-order valence-electron chi connectivity index (χ2n) is 3.74. The number of aromatic nitrogens is 1. The standard InChI is InChI=1S/C13H18N2O4/c1-4-18-12(16)9(3)15-11-10(7-6-8-14-11)13(17)19-5-2/h6-9H,4-5H2,1-3H3,(H,14,15). The molecule has 0 radical (unpaired) electrons. The summed E-state index contributed by atoms with van der Waals surface area (Å²) in [5, 5.41) is 2.85. The minimum absolute atomic E-state index is 0.278. The predicted molar refractivity (Wildman–Crippen MR) is 69.9 cm³/mol. The zero-order valence-corrected chi connectivity index (χ0v) is 11.3. The van der Waals surface area contributed by atoms with Crippen molar-refractivity contribution >= 4 is 17.8 Å². The van der Waals surface area contributed by atoms with Crippen molar-refractivity contribution in [2.45, 2.75) is 26.8 Å². The molecule has 0 fully saturated rings. The van der Waals surface area contributed by atoms with Gasteiger partial charge in [0.15, 0.2) is 0 Å². The van der Waals surface area contributed by atoms with Crippen molar-refractivity contribution < 1.29 is 19.1 Å². The summed E-state index contributed by atoms with van der Waals surface area (Å²) in [5.41, 5.74) is 0.292. The molecule has 0 aliphatic heterocycles. The van der Waals surface area contributed by atoms with E-state index in [4.69, 9.17) is 9.47 Å². The third-order valence-electron chi connectivity index (χ3n) is 2.30. The van der Waals surface area contributed by atoms with Crippen molar-refractivity contribution in [3.05, 3.63) is 23.9 Å². The first-order chi connectivity index (χ1) is 9.10. The molecule has 6 heteroatoms. The predicted octanol–water partition coefficient (Wildman–Crippen LogP) is 1.62. The van der Waals surface area contributed by atoms with Gasteiger partial charge in [0.05, 0.1) is 13.2 Å². The number of ether oxygens (including phenoxy) is 2. The molecule has 0 saturated heterocycles. The monoisotopic (exact) mass is 266 g/mol. The first-order valence-electron chi connectivity index (χ1n) is 6.15. The molecule has 0 bridgehead atoms. The van der Waals surface area contributed by atoms with Crippen LogP contribution >= 0.6 is 0 Å². The smallest absolute Gasteiger partial charge is 0.341 e. The van der Waals surface area contributed by atoms with E-state index in [0.29, 0.717) is 18.0 Å². The van der Waals surface area contributed by atoms with E-state index in [1.165, 1.54) is 6.20 Å². The number of hydrogen-bond donors (Lipinski definition) is 1. The molecule has 1 aromatic rings. The van der Waals surface area contributed by atoms with Crippen LogP contribution in [0.2, 0.25) is 0 Å². The number of esters is 2. The maximum atomic E-state index is 11.7. The molecular weight excluding hydrogens is 248 g/mol. The van der Waals surface area contributed by atoms with Crippen LogP contribution < -0.4 is 5.32 Å². The van der Waals surface area contributed by atoms with Gasteiger partial charge in [-0.3, -0.25) is 0 Å². The molecule has 0 saturated carbocycles. The van der Waals surface area contributed by atoms with E-state index < -0.39 is 18.0 Å². The summed E-state index contributed by atoms with van der Waals surface area (Å²) < 4.78 is 9.80. The van der Waals surface area contributed by atoms with E-state index >= 15 is 0 Å². The maximum absolute atomic E-state index is 11.7. The minimum Gasteiger partial charge on any atom is -0.464 e. The molecule has 1 N–H and O–H groups in total. The topological polar surface area (TPSA) is 77.5 Å². The van der Waals surface area contributed by atoms with Crippen LogP contribution in [-0.4, -0.2) is 36.2 Å². The van der Waals surface area contributed by atoms with Crippen LogP contribution in [0.15, 0.2) is 18.3 Å². The maximum Gasteiger partial charge on any atom is 0.341 e. The van der Waals surface area contributed by atoms with E-state index in [9.17, 15) is 9.59 Å². The highest BCUT2D eigenvalue weighted by Gasteiger charge is 2.19. The molecule has 1 aromatic heterocycles. The number of nitrogens with zero attached hydrogens (tertiary/aromatic N) is 1. The fourth-order valence-electron chi connectivity index (χ4n) is 1.43. The van der Waals surface area contributed by atoms with E-state index in [2.05, 4.69) is 10.3 Å². The molecule has 1 rings (SSSR count). The molecule has 0 aliphatic rings. The zero-order chi connectivity index (χ0) is 14.3. The van der Waals surface area contributed by atoms with Gasteiger partial charge in [-0.25, -0.2) is 14.6 Å². The summed E-state index contributed by atoms with van der Waals surface area (Å²) in [6.45, 7) is 5.68. The summed E-state index contributed by atoms with van der Waals surface area (Å²) in [6.07, 6.45) is 1.53. The van der Waals surface area contributed by atoms with Gasteiger partial charge in [0.2, 0.25) is 0 Å². The Bertz CT molecular complexity index is 448. The molecule has 1 unspecified atom stereocenters. The van der Waals surface area contributed by atoms with Gasteiger partial charge in [0.25, 0.3) is 0 Å². The third-order valence-corrected chi connectivity index (χ3v) is 2.30. The second kappa shape index (κ2) is 7.35. The third kappa shape index (κ3) is 4.24. The van der Waals surface area contributed by atoms with Crippen LogP contribution in [0.3, 0.4) is 0 Å². The average molecular weight is 266 g/mol. The van der Waals surface area contributed by atoms with E-state index in [1.807, 2.05) is 0 Å². The highest BCUT2D eigenvalue weighted by atomic mass is 16.5. The van der Waals surface area contributed by atoms with Gasteiger partial charge in [-0.15, -0.1) is 0 Å². The van der Waals surface area contributed by atoms with Gasteiger partial charge in [-0.05, 0) is 32.9 Å². The van der Waals surface area contributed by atoms with Gasteiger partial charge < -0.3 is 14.8 Å². The van der Waals surface area contributed by atoms with Crippen LogP contribution in [0.25, 0.3) is 0 Å². The Balaban J connectivity index is 2.83. The van der Waals surface area contributed by atoms with Crippen LogP contribution in [0.4, 0.5) is 5.82 Å². The van der Waals surface area contributed by atoms with Crippen molar-refractivity contribution in [1.29, 1.82) is 0 Å². The molecule has 0 aliphatic carbocycles. The van der Waals surface area contributed by atoms with Crippen LogP contribution in [0, 0.1) is 0 Å². The van der Waals surface area contributed by atoms with Gasteiger partial charge in [-0.2, -0.15) is 0 Å². The van der Waals surface area contributed by atoms with E-state index in [-0.39, 0.29) is 6.61 Å². The lowest BCUT2D eigenvalue weighted by Crippen LogP contribution is -2.29.